The van der Waals surface area contributed by atoms with Gasteiger partial charge in [0.25, 0.3) is 11.6 Å². The Kier molecular flexibility index (Phi) is 12.7. The Labute approximate surface area is 157 Å². The molecule has 0 saturated heterocycles. The van der Waals surface area contributed by atoms with E-state index in [1.807, 2.05) is 0 Å². The third kappa shape index (κ3) is 9.72. The van der Waals surface area contributed by atoms with Gasteiger partial charge in [-0.15, -0.1) is 0 Å². The first kappa shape index (κ1) is 24.3. The topological polar surface area (TPSA) is 63.7 Å². The molecule has 0 aliphatic heterocycles. The Hall–Kier alpha value is -1.67. The zero-order valence-electron chi connectivity index (χ0n) is 17.1. The van der Waals surface area contributed by atoms with Crippen LogP contribution in [0.3, 0.4) is 0 Å². The number of imidazole rings is 2. The highest BCUT2D eigenvalue weighted by Gasteiger charge is 2.07. The van der Waals surface area contributed by atoms with Crippen molar-refractivity contribution in [3.63, 3.8) is 0 Å². The van der Waals surface area contributed by atoms with E-state index in [1.165, 1.54) is 37.3 Å². The van der Waals surface area contributed by atoms with Gasteiger partial charge in [0, 0.05) is 13.8 Å². The van der Waals surface area contributed by atoms with E-state index in [2.05, 4.69) is 84.8 Å². The molecular weight excluding hydrogens is 334 g/mol. The summed E-state index contributed by atoms with van der Waals surface area (Å²) in [4.78, 5) is 0. The molecule has 0 fully saturated rings. The van der Waals surface area contributed by atoms with Gasteiger partial charge in [-0.1, -0.05) is 26.7 Å². The number of unbranched alkanes of at least 4 members (excludes halogenated alkanes) is 2. The monoisotopic (exact) mass is 368 g/mol. The van der Waals surface area contributed by atoms with Gasteiger partial charge in [-0.05, 0) is 12.8 Å². The molecule has 0 bridgehead atoms. The van der Waals surface area contributed by atoms with Crippen molar-refractivity contribution in [1.82, 2.24) is 9.13 Å². The van der Waals surface area contributed by atoms with Crippen molar-refractivity contribution in [1.29, 1.82) is 0 Å². The number of aryl methyl sites for hydroxylation is 4. The molecule has 8 heteroatoms. The van der Waals surface area contributed by atoms with Crippen molar-refractivity contribution < 1.29 is 23.5 Å². The molecule has 0 spiro atoms. The molecule has 2 rings (SSSR count). The predicted molar refractivity (Wildman–Crippen MR) is 97.4 cm³/mol. The van der Waals surface area contributed by atoms with Gasteiger partial charge in [0.05, 0.1) is 27.2 Å². The SMILES string of the molecule is CCCCn1cc[n+](C)c1C.CCCCn1cc[n+](C)c1C.[O-]B([O-])F. The molecule has 0 radical (unpaired) electrons. The lowest BCUT2D eigenvalue weighted by Gasteiger charge is -2.09. The Morgan fingerprint density at radius 2 is 1.19 bits per heavy atom. The van der Waals surface area contributed by atoms with Gasteiger partial charge in [0.15, 0.2) is 0 Å². The van der Waals surface area contributed by atoms with Crippen molar-refractivity contribution in [2.24, 2.45) is 14.1 Å². The summed E-state index contributed by atoms with van der Waals surface area (Å²) >= 11 is 0. The van der Waals surface area contributed by atoms with Crippen LogP contribution in [0.25, 0.3) is 0 Å². The summed E-state index contributed by atoms with van der Waals surface area (Å²) in [7, 11) is 0.996. The van der Waals surface area contributed by atoms with E-state index in [0.717, 1.165) is 13.1 Å². The summed E-state index contributed by atoms with van der Waals surface area (Å²) < 4.78 is 18.8. The number of halogens is 1. The first-order valence-corrected chi connectivity index (χ1v) is 9.22. The molecule has 0 aromatic carbocycles. The molecule has 148 valence electrons. The van der Waals surface area contributed by atoms with Crippen molar-refractivity contribution in [3.8, 4) is 0 Å². The van der Waals surface area contributed by atoms with Gasteiger partial charge >= 0.3 is 0 Å². The second-order valence-electron chi connectivity index (χ2n) is 6.28. The van der Waals surface area contributed by atoms with Crippen LogP contribution in [-0.2, 0) is 27.2 Å². The van der Waals surface area contributed by atoms with Gasteiger partial charge in [0.1, 0.15) is 32.2 Å². The maximum absolute atomic E-state index is 9.89. The largest absolute Gasteiger partial charge is 0.867 e. The third-order valence-corrected chi connectivity index (χ3v) is 4.30. The third-order valence-electron chi connectivity index (χ3n) is 4.30. The number of hydrogen-bond donors (Lipinski definition) is 0. The van der Waals surface area contributed by atoms with Crippen LogP contribution in [0.2, 0.25) is 0 Å². The average Bonchev–Trinajstić information content (AvgIpc) is 3.07. The van der Waals surface area contributed by atoms with Crippen LogP contribution in [-0.4, -0.2) is 16.5 Å². The molecule has 0 N–H and O–H groups in total. The Balaban J connectivity index is 0.000000401. The van der Waals surface area contributed by atoms with E-state index in [0.29, 0.717) is 0 Å². The number of nitrogens with zero attached hydrogens (tertiary/aromatic N) is 4. The zero-order chi connectivity index (χ0) is 20.1. The van der Waals surface area contributed by atoms with Gasteiger partial charge in [-0.2, -0.15) is 0 Å². The lowest BCUT2D eigenvalue weighted by molar-refractivity contribution is -0.677. The zero-order valence-corrected chi connectivity index (χ0v) is 17.1. The molecule has 0 aliphatic carbocycles. The highest BCUT2D eigenvalue weighted by Crippen LogP contribution is 1.97. The van der Waals surface area contributed by atoms with Crippen molar-refractivity contribution in [2.75, 3.05) is 0 Å². The standard InChI is InChI=1S/2C9H17N2.BFO2/c2*1-4-5-6-11-8-7-10(3)9(11)2;2-1(3)4/h2*7-8H,4-6H2,1-3H3;/q2*+1;-2. The van der Waals surface area contributed by atoms with Crippen LogP contribution in [0.15, 0.2) is 24.8 Å². The average molecular weight is 368 g/mol. The number of rotatable bonds is 6. The van der Waals surface area contributed by atoms with Crippen LogP contribution >= 0.6 is 0 Å². The Bertz CT molecular complexity index is 561. The molecule has 2 aromatic heterocycles. The minimum atomic E-state index is -3.17. The first-order chi connectivity index (χ1) is 12.2. The highest BCUT2D eigenvalue weighted by atomic mass is 19.1. The van der Waals surface area contributed by atoms with Crippen molar-refractivity contribution in [2.45, 2.75) is 66.5 Å². The molecule has 2 heterocycles. The summed E-state index contributed by atoms with van der Waals surface area (Å²) in [5.74, 6) is 2.66. The van der Waals surface area contributed by atoms with E-state index in [-0.39, 0.29) is 0 Å². The summed E-state index contributed by atoms with van der Waals surface area (Å²) in [6.45, 7) is 11.1. The predicted octanol–water partition coefficient (Wildman–Crippen LogP) is 0.504. The molecule has 0 amide bonds. The second kappa shape index (κ2) is 13.5. The summed E-state index contributed by atoms with van der Waals surface area (Å²) in [5, 5.41) is 16.6. The molecule has 6 nitrogen and oxygen atoms in total. The maximum Gasteiger partial charge on any atom is 0.253 e. The smallest absolute Gasteiger partial charge is 0.253 e. The van der Waals surface area contributed by atoms with Crippen LogP contribution in [0.1, 0.15) is 51.2 Å². The van der Waals surface area contributed by atoms with Crippen molar-refractivity contribution >= 4 is 7.40 Å². The number of aromatic nitrogens is 4. The Morgan fingerprint density at radius 3 is 1.38 bits per heavy atom. The summed E-state index contributed by atoms with van der Waals surface area (Å²) in [6.07, 6.45) is 13.6. The molecule has 2 aromatic rings. The lowest BCUT2D eigenvalue weighted by atomic mass is 10.3. The van der Waals surface area contributed by atoms with Gasteiger partial charge in [-0.3, -0.25) is 0 Å². The normalized spacial score (nSPS) is 9.88. The first-order valence-electron chi connectivity index (χ1n) is 9.22. The number of hydrogen-bond acceptors (Lipinski definition) is 2. The molecule has 0 aliphatic rings. The van der Waals surface area contributed by atoms with E-state index < -0.39 is 7.40 Å². The molecular formula is C18H34BFN4O2. The molecule has 26 heavy (non-hydrogen) atoms. The van der Waals surface area contributed by atoms with E-state index in [4.69, 9.17) is 10.0 Å². The highest BCUT2D eigenvalue weighted by molar-refractivity contribution is 6.27. The van der Waals surface area contributed by atoms with Crippen LogP contribution in [0, 0.1) is 13.8 Å². The minimum absolute atomic E-state index is 1.16. The lowest BCUT2D eigenvalue weighted by Crippen LogP contribution is -2.39. The summed E-state index contributed by atoms with van der Waals surface area (Å²) in [5.41, 5.74) is 0. The van der Waals surface area contributed by atoms with Gasteiger partial charge in [-0.25, -0.2) is 18.3 Å². The fraction of sp³-hybridized carbons (Fsp3) is 0.667. The fourth-order valence-electron chi connectivity index (χ4n) is 2.33. The molecule has 0 saturated carbocycles. The van der Waals surface area contributed by atoms with Crippen LogP contribution in [0.4, 0.5) is 4.32 Å². The minimum Gasteiger partial charge on any atom is -0.867 e. The van der Waals surface area contributed by atoms with E-state index in [9.17, 15) is 4.32 Å². The Morgan fingerprint density at radius 1 is 0.885 bits per heavy atom. The van der Waals surface area contributed by atoms with Crippen LogP contribution < -0.4 is 19.2 Å². The summed E-state index contributed by atoms with van der Waals surface area (Å²) in [6, 6.07) is 0. The second-order valence-corrected chi connectivity index (χ2v) is 6.28. The molecule has 0 atom stereocenters. The van der Waals surface area contributed by atoms with E-state index in [1.54, 1.807) is 0 Å². The maximum atomic E-state index is 9.89. The van der Waals surface area contributed by atoms with E-state index >= 15 is 0 Å². The van der Waals surface area contributed by atoms with Crippen LogP contribution in [0.5, 0.6) is 0 Å². The quantitative estimate of drug-likeness (QED) is 0.551. The van der Waals surface area contributed by atoms with Crippen molar-refractivity contribution in [3.05, 3.63) is 36.4 Å². The van der Waals surface area contributed by atoms with Gasteiger partial charge < -0.3 is 14.4 Å². The fourth-order valence-corrected chi connectivity index (χ4v) is 2.33. The molecule has 0 unspecified atom stereocenters. The van der Waals surface area contributed by atoms with Gasteiger partial charge in [0.2, 0.25) is 0 Å².